The Morgan fingerprint density at radius 1 is 1.08 bits per heavy atom. The molecule has 10 heteroatoms. The number of benzene rings is 2. The number of pyridine rings is 2. The van der Waals surface area contributed by atoms with E-state index < -0.39 is 10.5 Å². The van der Waals surface area contributed by atoms with E-state index in [0.717, 1.165) is 17.1 Å². The Hall–Kier alpha value is -4.23. The highest BCUT2D eigenvalue weighted by Gasteiger charge is 2.21. The molecule has 0 amide bonds. The Morgan fingerprint density at radius 2 is 1.84 bits per heavy atom. The van der Waals surface area contributed by atoms with Crippen molar-refractivity contribution in [3.05, 3.63) is 70.1 Å². The molecule has 0 atom stereocenters. The van der Waals surface area contributed by atoms with Crippen molar-refractivity contribution in [1.29, 1.82) is 5.26 Å². The molecule has 8 nitrogen and oxygen atoms in total. The number of hydrogen-bond acceptors (Lipinski definition) is 6. The average Bonchev–Trinajstić information content (AvgIpc) is 3.20. The molecule has 0 aliphatic rings. The van der Waals surface area contributed by atoms with E-state index in [1.807, 2.05) is 44.4 Å². The van der Waals surface area contributed by atoms with Crippen molar-refractivity contribution in [3.63, 3.8) is 0 Å². The number of nitrogens with one attached hydrogen (secondary N) is 1. The van der Waals surface area contributed by atoms with Gasteiger partial charge in [-0.3, -0.25) is 9.78 Å². The van der Waals surface area contributed by atoms with Gasteiger partial charge in [-0.25, -0.2) is 0 Å². The van der Waals surface area contributed by atoms with Crippen LogP contribution in [-0.2, 0) is 10.5 Å². The third kappa shape index (κ3) is 4.21. The standard InChI is InChI=1S/C27H23FN4O4S/c1-14(2)20-9-22-24(10-21(20)17-8-18(13-30-12-17)36-37(28,34)35)32(15(3)4)27-25(26(22)33)19-6-5-16(11-29)7-23(19)31-27/h5-10,12-15,31H,1-4H3. The van der Waals surface area contributed by atoms with Crippen LogP contribution in [0.25, 0.3) is 44.0 Å². The molecular formula is C27H23FN4O4S. The number of fused-ring (bicyclic) bond motifs is 4. The van der Waals surface area contributed by atoms with Crippen molar-refractivity contribution in [1.82, 2.24) is 14.5 Å². The smallest absolute Gasteiger partial charge is 0.357 e. The number of H-pyrrole nitrogens is 1. The molecule has 0 radical (unpaired) electrons. The summed E-state index contributed by atoms with van der Waals surface area (Å²) in [5.41, 5.74) is 4.43. The molecule has 3 aromatic heterocycles. The van der Waals surface area contributed by atoms with Gasteiger partial charge < -0.3 is 13.7 Å². The van der Waals surface area contributed by atoms with E-state index in [4.69, 9.17) is 0 Å². The van der Waals surface area contributed by atoms with Crippen LogP contribution in [0.15, 0.2) is 53.6 Å². The van der Waals surface area contributed by atoms with Gasteiger partial charge in [0.05, 0.1) is 28.7 Å². The van der Waals surface area contributed by atoms with Gasteiger partial charge in [-0.1, -0.05) is 23.8 Å². The molecule has 0 saturated heterocycles. The summed E-state index contributed by atoms with van der Waals surface area (Å²) in [4.78, 5) is 21.3. The number of aromatic nitrogens is 3. The summed E-state index contributed by atoms with van der Waals surface area (Å²) in [7, 11) is -5.21. The van der Waals surface area contributed by atoms with Crippen molar-refractivity contribution in [3.8, 4) is 22.9 Å². The Balaban J connectivity index is 1.89. The van der Waals surface area contributed by atoms with Crippen molar-refractivity contribution >= 4 is 43.3 Å². The van der Waals surface area contributed by atoms with Crippen LogP contribution in [0, 0.1) is 11.3 Å². The van der Waals surface area contributed by atoms with Crippen molar-refractivity contribution in [2.24, 2.45) is 0 Å². The Kier molecular flexibility index (Phi) is 5.76. The lowest BCUT2D eigenvalue weighted by molar-refractivity contribution is 0.439. The van der Waals surface area contributed by atoms with E-state index in [9.17, 15) is 22.4 Å². The first-order chi connectivity index (χ1) is 17.5. The van der Waals surface area contributed by atoms with Gasteiger partial charge >= 0.3 is 10.5 Å². The molecular weight excluding hydrogens is 495 g/mol. The Labute approximate surface area is 212 Å². The SMILES string of the molecule is CC(C)c1cc2c(=O)c3c4ccc(C#N)cc4[nH]c3n(C(C)C)c2cc1-c1cncc(OS(=O)(=O)F)c1. The third-order valence-electron chi connectivity index (χ3n) is 6.41. The Morgan fingerprint density at radius 3 is 2.49 bits per heavy atom. The van der Waals surface area contributed by atoms with E-state index in [2.05, 4.69) is 20.2 Å². The number of hydrogen-bond donors (Lipinski definition) is 1. The lowest BCUT2D eigenvalue weighted by atomic mass is 9.91. The number of nitriles is 1. The molecule has 3 heterocycles. The first-order valence-corrected chi connectivity index (χ1v) is 13.0. The van der Waals surface area contributed by atoms with Crippen LogP contribution in [0.3, 0.4) is 0 Å². The minimum atomic E-state index is -5.21. The van der Waals surface area contributed by atoms with Crippen LogP contribution in [0.5, 0.6) is 5.75 Å². The molecule has 0 unspecified atom stereocenters. The zero-order chi connectivity index (χ0) is 26.6. The van der Waals surface area contributed by atoms with Gasteiger partial charge in [0.15, 0.2) is 11.2 Å². The summed E-state index contributed by atoms with van der Waals surface area (Å²) in [6, 6.07) is 12.4. The van der Waals surface area contributed by atoms with Gasteiger partial charge in [-0.15, -0.1) is 0 Å². The van der Waals surface area contributed by atoms with Gasteiger partial charge in [0, 0.05) is 34.1 Å². The van der Waals surface area contributed by atoms with Gasteiger partial charge in [0.1, 0.15) is 5.65 Å². The van der Waals surface area contributed by atoms with Crippen LogP contribution < -0.4 is 9.61 Å². The normalized spacial score (nSPS) is 12.2. The molecule has 0 bridgehead atoms. The van der Waals surface area contributed by atoms with Crippen LogP contribution in [0.4, 0.5) is 3.89 Å². The predicted octanol–water partition coefficient (Wildman–Crippen LogP) is 5.87. The number of rotatable bonds is 5. The minimum absolute atomic E-state index is 0.00219. The molecule has 1 N–H and O–H groups in total. The summed E-state index contributed by atoms with van der Waals surface area (Å²) in [6.45, 7) is 7.99. The highest BCUT2D eigenvalue weighted by atomic mass is 32.3. The maximum absolute atomic E-state index is 13.9. The van der Waals surface area contributed by atoms with Gasteiger partial charge in [-0.05, 0) is 61.2 Å². The van der Waals surface area contributed by atoms with Crippen LogP contribution in [0.2, 0.25) is 0 Å². The van der Waals surface area contributed by atoms with Gasteiger partial charge in [0.2, 0.25) is 0 Å². The molecule has 5 aromatic rings. The minimum Gasteiger partial charge on any atom is -0.357 e. The molecule has 188 valence electrons. The maximum atomic E-state index is 13.9. The van der Waals surface area contributed by atoms with Crippen LogP contribution >= 0.6 is 0 Å². The van der Waals surface area contributed by atoms with E-state index in [0.29, 0.717) is 44.1 Å². The number of nitrogens with zero attached hydrogens (tertiary/aromatic N) is 3. The van der Waals surface area contributed by atoms with Crippen molar-refractivity contribution < 1.29 is 16.5 Å². The Bertz CT molecular complexity index is 1930. The van der Waals surface area contributed by atoms with Crippen molar-refractivity contribution in [2.75, 3.05) is 0 Å². The maximum Gasteiger partial charge on any atom is 0.488 e. The third-order valence-corrected chi connectivity index (χ3v) is 6.80. The van der Waals surface area contributed by atoms with Gasteiger partial charge in [0.25, 0.3) is 0 Å². The molecule has 0 aliphatic carbocycles. The largest absolute Gasteiger partial charge is 0.488 e. The molecule has 2 aromatic carbocycles. The molecule has 0 fully saturated rings. The number of aromatic amines is 1. The predicted molar refractivity (Wildman–Crippen MR) is 141 cm³/mol. The van der Waals surface area contributed by atoms with E-state index in [-0.39, 0.29) is 23.1 Å². The number of halogens is 1. The quantitative estimate of drug-likeness (QED) is 0.291. The van der Waals surface area contributed by atoms with Crippen LogP contribution in [-0.4, -0.2) is 23.0 Å². The topological polar surface area (TPSA) is 118 Å². The fraction of sp³-hybridized carbons (Fsp3) is 0.222. The summed E-state index contributed by atoms with van der Waals surface area (Å²) < 4.78 is 41.6. The average molecular weight is 519 g/mol. The second-order valence-electron chi connectivity index (χ2n) is 9.51. The molecule has 37 heavy (non-hydrogen) atoms. The van der Waals surface area contributed by atoms with Gasteiger partial charge in [-0.2, -0.15) is 13.7 Å². The summed E-state index contributed by atoms with van der Waals surface area (Å²) >= 11 is 0. The fourth-order valence-corrected chi connectivity index (χ4v) is 5.22. The lowest BCUT2D eigenvalue weighted by Gasteiger charge is -2.20. The zero-order valence-corrected chi connectivity index (χ0v) is 21.4. The highest BCUT2D eigenvalue weighted by molar-refractivity contribution is 7.81. The van der Waals surface area contributed by atoms with E-state index in [1.54, 1.807) is 18.2 Å². The highest BCUT2D eigenvalue weighted by Crippen LogP contribution is 2.36. The molecule has 0 saturated carbocycles. The van der Waals surface area contributed by atoms with Crippen LogP contribution in [0.1, 0.15) is 50.8 Å². The monoisotopic (exact) mass is 518 g/mol. The molecule has 5 rings (SSSR count). The summed E-state index contributed by atoms with van der Waals surface area (Å²) in [5.74, 6) is -0.256. The molecule has 0 aliphatic heterocycles. The fourth-order valence-electron chi connectivity index (χ4n) is 4.90. The second-order valence-corrected chi connectivity index (χ2v) is 10.5. The first-order valence-electron chi connectivity index (χ1n) is 11.7. The zero-order valence-electron chi connectivity index (χ0n) is 20.5. The lowest BCUT2D eigenvalue weighted by Crippen LogP contribution is -2.13. The summed E-state index contributed by atoms with van der Waals surface area (Å²) in [5, 5.41) is 11.2. The first kappa shape index (κ1) is 24.5. The second kappa shape index (κ2) is 8.71. The molecule has 0 spiro atoms. The summed E-state index contributed by atoms with van der Waals surface area (Å²) in [6.07, 6.45) is 2.65. The van der Waals surface area contributed by atoms with E-state index in [1.165, 1.54) is 12.3 Å². The van der Waals surface area contributed by atoms with E-state index >= 15 is 0 Å². The van der Waals surface area contributed by atoms with Crippen molar-refractivity contribution in [2.45, 2.75) is 39.7 Å².